The van der Waals surface area contributed by atoms with Crippen LogP contribution >= 0.6 is 23.2 Å². The minimum absolute atomic E-state index is 0.0709. The van der Waals surface area contributed by atoms with Crippen molar-refractivity contribution in [3.63, 3.8) is 0 Å². The summed E-state index contributed by atoms with van der Waals surface area (Å²) in [5.74, 6) is -1.73. The molecule has 1 atom stereocenters. The van der Waals surface area contributed by atoms with E-state index in [1.54, 1.807) is 50.8 Å². The molecule has 8 nitrogen and oxygen atoms in total. The molecule has 2 aromatic heterocycles. The van der Waals surface area contributed by atoms with Gasteiger partial charge in [0, 0.05) is 17.2 Å². The van der Waals surface area contributed by atoms with Gasteiger partial charge in [-0.05, 0) is 125 Å². The Morgan fingerprint density at radius 1 is 0.683 bits per heavy atom. The Morgan fingerprint density at radius 3 is 1.62 bits per heavy atom. The lowest BCUT2D eigenvalue weighted by atomic mass is 9.82. The summed E-state index contributed by atoms with van der Waals surface area (Å²) in [5.41, 5.74) is -0.723. The van der Waals surface area contributed by atoms with Crippen LogP contribution in [0.3, 0.4) is 0 Å². The minimum Gasteiger partial charge on any atom is -0.399 e. The third kappa shape index (κ3) is 7.50. The highest BCUT2D eigenvalue weighted by molar-refractivity contribution is 7.90. The number of aromatic nitrogens is 2. The number of aryl methyl sites for hydroxylation is 4. The van der Waals surface area contributed by atoms with Crippen molar-refractivity contribution in [1.82, 2.24) is 7.94 Å². The normalized spacial score (nSPS) is 17.4. The van der Waals surface area contributed by atoms with Crippen molar-refractivity contribution >= 4 is 79.2 Å². The molecule has 0 amide bonds. The van der Waals surface area contributed by atoms with E-state index in [0.717, 1.165) is 27.2 Å². The minimum atomic E-state index is -4.92. The van der Waals surface area contributed by atoms with Crippen LogP contribution in [0.25, 0.3) is 21.8 Å². The molecule has 0 radical (unpaired) electrons. The van der Waals surface area contributed by atoms with Crippen LogP contribution in [0.2, 0.25) is 29.7 Å². The molecular formula is C42H39Cl2F5N2O6S2Si. The van der Waals surface area contributed by atoms with Crippen LogP contribution in [0.5, 0.6) is 0 Å². The number of halogens is 7. The summed E-state index contributed by atoms with van der Waals surface area (Å²) in [7, 11) is -11.4. The molecule has 0 spiro atoms. The number of hydrogen-bond donors (Lipinski definition) is 0. The Morgan fingerprint density at radius 2 is 1.13 bits per heavy atom. The van der Waals surface area contributed by atoms with Crippen molar-refractivity contribution < 1.29 is 48.0 Å². The van der Waals surface area contributed by atoms with Gasteiger partial charge in [-0.2, -0.15) is 13.2 Å². The highest BCUT2D eigenvalue weighted by Gasteiger charge is 2.63. The van der Waals surface area contributed by atoms with E-state index in [2.05, 4.69) is 0 Å². The molecule has 2 heterocycles. The SMILES string of the molecule is Cc1ccc(S(=O)(=O)n2c3c(c4cc(F)c(Cl)cc42)CCCC3(O[Si](C)(C)C)C(F)(F)F)cc1.Cc1ccc(S(=O)(=O)n2c3c(c4cc(F)c(Cl)cc42)CCCC3=O)cc1. The maximum atomic E-state index is 14.9. The van der Waals surface area contributed by atoms with Crippen molar-refractivity contribution in [3.05, 3.63) is 128 Å². The van der Waals surface area contributed by atoms with E-state index < -0.39 is 63.9 Å². The number of alkyl halides is 3. The number of hydrogen-bond acceptors (Lipinski definition) is 6. The predicted octanol–water partition coefficient (Wildman–Crippen LogP) is 11.4. The lowest BCUT2D eigenvalue weighted by Crippen LogP contribution is -2.53. The van der Waals surface area contributed by atoms with Gasteiger partial charge in [0.25, 0.3) is 20.0 Å². The van der Waals surface area contributed by atoms with Crippen molar-refractivity contribution in [2.24, 2.45) is 0 Å². The molecular weight excluding hydrogens is 887 g/mol. The molecule has 0 bridgehead atoms. The lowest BCUT2D eigenvalue weighted by Gasteiger charge is -2.43. The van der Waals surface area contributed by atoms with Crippen molar-refractivity contribution in [2.45, 2.75) is 93.6 Å². The fourth-order valence-electron chi connectivity index (χ4n) is 8.09. The molecule has 6 aromatic rings. The highest BCUT2D eigenvalue weighted by Crippen LogP contribution is 2.54. The molecule has 0 N–H and O–H groups in total. The fourth-order valence-corrected chi connectivity index (χ4v) is 12.9. The summed E-state index contributed by atoms with van der Waals surface area (Å²) < 4.78 is 135. The topological polar surface area (TPSA) is 104 Å². The second-order valence-electron chi connectivity index (χ2n) is 16.1. The number of rotatable bonds is 6. The summed E-state index contributed by atoms with van der Waals surface area (Å²) in [6.45, 7) is 8.48. The second kappa shape index (κ2) is 15.4. The Labute approximate surface area is 355 Å². The van der Waals surface area contributed by atoms with Gasteiger partial charge in [0.05, 0.1) is 36.6 Å². The first kappa shape index (κ1) is 44.0. The van der Waals surface area contributed by atoms with E-state index >= 15 is 0 Å². The zero-order valence-corrected chi connectivity index (χ0v) is 37.1. The molecule has 0 saturated heterocycles. The third-order valence-corrected chi connectivity index (χ3v) is 15.6. The van der Waals surface area contributed by atoms with Crippen LogP contribution in [0.1, 0.15) is 64.1 Å². The van der Waals surface area contributed by atoms with Gasteiger partial charge in [0.15, 0.2) is 19.7 Å². The number of Topliss-reactive ketones (excluding diaryl/α,β-unsaturated/α-hetero) is 1. The van der Waals surface area contributed by atoms with Crippen molar-refractivity contribution in [3.8, 4) is 0 Å². The Hall–Kier alpha value is -4.06. The molecule has 8 rings (SSSR count). The number of fused-ring (bicyclic) bond motifs is 6. The quantitative estimate of drug-likeness (QED) is 0.122. The zero-order valence-electron chi connectivity index (χ0n) is 33.0. The molecule has 60 heavy (non-hydrogen) atoms. The first-order valence-corrected chi connectivity index (χ1v) is 25.9. The van der Waals surface area contributed by atoms with Gasteiger partial charge in [0.2, 0.25) is 0 Å². The molecule has 0 fully saturated rings. The maximum absolute atomic E-state index is 14.9. The maximum Gasteiger partial charge on any atom is 0.422 e. The Balaban J connectivity index is 0.000000188. The van der Waals surface area contributed by atoms with Crippen molar-refractivity contribution in [2.75, 3.05) is 0 Å². The smallest absolute Gasteiger partial charge is 0.399 e. The fraction of sp³-hybridized carbons (Fsp3) is 0.310. The van der Waals surface area contributed by atoms with Crippen LogP contribution < -0.4 is 0 Å². The second-order valence-corrected chi connectivity index (χ2v) is 24.9. The van der Waals surface area contributed by atoms with Gasteiger partial charge in [-0.3, -0.25) is 4.79 Å². The van der Waals surface area contributed by atoms with E-state index in [1.807, 2.05) is 6.92 Å². The van der Waals surface area contributed by atoms with E-state index in [0.29, 0.717) is 27.8 Å². The van der Waals surface area contributed by atoms with Gasteiger partial charge in [-0.15, -0.1) is 0 Å². The predicted molar refractivity (Wildman–Crippen MR) is 224 cm³/mol. The van der Waals surface area contributed by atoms with E-state index in [-0.39, 0.29) is 72.6 Å². The van der Waals surface area contributed by atoms with Crippen LogP contribution in [0.15, 0.2) is 82.6 Å². The number of nitrogens with zero attached hydrogens (tertiary/aromatic N) is 2. The Kier molecular flexibility index (Phi) is 11.3. The molecule has 2 aliphatic carbocycles. The molecule has 18 heteroatoms. The number of carbonyl (C=O) groups is 1. The first-order chi connectivity index (χ1) is 27.9. The molecule has 1 unspecified atom stereocenters. The molecule has 0 saturated carbocycles. The number of carbonyl (C=O) groups excluding carboxylic acids is 1. The third-order valence-electron chi connectivity index (χ3n) is 10.6. The molecule has 0 aliphatic heterocycles. The first-order valence-electron chi connectivity index (χ1n) is 18.9. The monoisotopic (exact) mass is 924 g/mol. The molecule has 318 valence electrons. The summed E-state index contributed by atoms with van der Waals surface area (Å²) >= 11 is 11.9. The van der Waals surface area contributed by atoms with Crippen molar-refractivity contribution in [1.29, 1.82) is 0 Å². The van der Waals surface area contributed by atoms with E-state index in [1.165, 1.54) is 36.4 Å². The van der Waals surface area contributed by atoms with Gasteiger partial charge >= 0.3 is 6.18 Å². The van der Waals surface area contributed by atoms with Gasteiger partial charge in [-0.25, -0.2) is 33.6 Å². The highest BCUT2D eigenvalue weighted by atomic mass is 35.5. The van der Waals surface area contributed by atoms with E-state index in [4.69, 9.17) is 27.6 Å². The number of ketones is 1. The van der Waals surface area contributed by atoms with Crippen LogP contribution in [-0.2, 0) is 42.9 Å². The summed E-state index contributed by atoms with van der Waals surface area (Å²) in [5, 5.41) is -0.0581. The Bertz CT molecular complexity index is 2940. The average Bonchev–Trinajstić information content (AvgIpc) is 3.66. The summed E-state index contributed by atoms with van der Waals surface area (Å²) in [6, 6.07) is 16.8. The largest absolute Gasteiger partial charge is 0.422 e. The van der Waals surface area contributed by atoms with Crippen LogP contribution in [-0.4, -0.2) is 45.1 Å². The number of benzene rings is 4. The molecule has 4 aromatic carbocycles. The van der Waals surface area contributed by atoms with Gasteiger partial charge in [-0.1, -0.05) is 58.6 Å². The van der Waals surface area contributed by atoms with Gasteiger partial charge < -0.3 is 4.43 Å². The summed E-state index contributed by atoms with van der Waals surface area (Å²) in [4.78, 5) is 12.4. The van der Waals surface area contributed by atoms with E-state index in [9.17, 15) is 43.6 Å². The summed E-state index contributed by atoms with van der Waals surface area (Å²) in [6.07, 6.45) is -3.71. The van der Waals surface area contributed by atoms with Crippen LogP contribution in [0, 0.1) is 25.5 Å². The molecule has 2 aliphatic rings. The van der Waals surface area contributed by atoms with Gasteiger partial charge in [0.1, 0.15) is 17.3 Å². The lowest BCUT2D eigenvalue weighted by molar-refractivity contribution is -0.264. The zero-order chi connectivity index (χ0) is 43.9. The van der Waals surface area contributed by atoms with Crippen LogP contribution in [0.4, 0.5) is 22.0 Å². The standard InChI is InChI=1S/C23H24ClF4NO3SSi.C19H15ClFNO3S/c1-14-7-9-15(10-8-14)33(30,31)29-20-13-18(24)19(25)12-17(20)16-6-5-11-22(21(16)29,23(26,27)28)32-34(2,3)4;1-11-5-7-12(8-6-11)26(24,25)22-17-10-15(20)16(21)9-14(17)13-3-2-4-18(23)19(13)22/h7-10,12-13H,5-6,11H2,1-4H3;5-10H,2-4H2,1H3. The average molecular weight is 926 g/mol.